The summed E-state index contributed by atoms with van der Waals surface area (Å²) in [5.74, 6) is 0. The van der Waals surface area contributed by atoms with E-state index in [1.807, 2.05) is 12.3 Å². The van der Waals surface area contributed by atoms with E-state index in [-0.39, 0.29) is 0 Å². The maximum atomic E-state index is 4.47. The fourth-order valence-electron chi connectivity index (χ4n) is 2.08. The Kier molecular flexibility index (Phi) is 7.42. The van der Waals surface area contributed by atoms with E-state index in [1.165, 1.54) is 18.5 Å². The Morgan fingerprint density at radius 2 is 1.83 bits per heavy atom. The second-order valence-corrected chi connectivity index (χ2v) is 4.74. The fraction of sp³-hybridized carbons (Fsp3) is 0.667. The molecule has 3 heteroatoms. The van der Waals surface area contributed by atoms with E-state index >= 15 is 0 Å². The second-order valence-electron chi connectivity index (χ2n) is 4.74. The highest BCUT2D eigenvalue weighted by Crippen LogP contribution is 2.10. The molecule has 0 aliphatic heterocycles. The number of hydrogen-bond acceptors (Lipinski definition) is 3. The molecule has 0 atom stereocenters. The average Bonchev–Trinajstić information content (AvgIpc) is 2.37. The lowest BCUT2D eigenvalue weighted by molar-refractivity contribution is 0.263. The zero-order valence-electron chi connectivity index (χ0n) is 12.1. The van der Waals surface area contributed by atoms with Crippen LogP contribution in [0.5, 0.6) is 0 Å². The Morgan fingerprint density at radius 3 is 2.44 bits per heavy atom. The van der Waals surface area contributed by atoms with Crippen LogP contribution in [0.3, 0.4) is 0 Å². The van der Waals surface area contributed by atoms with Gasteiger partial charge in [-0.25, -0.2) is 0 Å². The molecule has 0 unspecified atom stereocenters. The van der Waals surface area contributed by atoms with Gasteiger partial charge in [-0.15, -0.1) is 0 Å². The van der Waals surface area contributed by atoms with Crippen molar-refractivity contribution in [1.82, 2.24) is 9.88 Å². The summed E-state index contributed by atoms with van der Waals surface area (Å²) in [5, 5.41) is 3.41. The third-order valence-corrected chi connectivity index (χ3v) is 2.86. The van der Waals surface area contributed by atoms with Crippen LogP contribution in [0.2, 0.25) is 0 Å². The van der Waals surface area contributed by atoms with E-state index in [1.54, 1.807) is 0 Å². The quantitative estimate of drug-likeness (QED) is 0.725. The van der Waals surface area contributed by atoms with E-state index in [0.717, 1.165) is 38.3 Å². The van der Waals surface area contributed by atoms with E-state index in [9.17, 15) is 0 Å². The Bertz CT molecular complexity index is 319. The van der Waals surface area contributed by atoms with E-state index < -0.39 is 0 Å². The van der Waals surface area contributed by atoms with Crippen LogP contribution in [0.25, 0.3) is 0 Å². The molecule has 18 heavy (non-hydrogen) atoms. The Balaban J connectivity index is 2.58. The molecular weight excluding hydrogens is 222 g/mol. The average molecular weight is 249 g/mol. The Labute approximate surface area is 112 Å². The minimum atomic E-state index is 0.962. The zero-order chi connectivity index (χ0) is 13.2. The number of nitrogens with zero attached hydrogens (tertiary/aromatic N) is 2. The number of aromatic nitrogens is 1. The number of pyridine rings is 1. The van der Waals surface area contributed by atoms with Crippen molar-refractivity contribution in [2.75, 3.05) is 25.0 Å². The molecule has 0 spiro atoms. The van der Waals surface area contributed by atoms with Gasteiger partial charge in [0.1, 0.15) is 0 Å². The van der Waals surface area contributed by atoms with Gasteiger partial charge >= 0.3 is 0 Å². The van der Waals surface area contributed by atoms with Gasteiger partial charge < -0.3 is 5.32 Å². The molecule has 0 fully saturated rings. The predicted octanol–water partition coefficient (Wildman–Crippen LogP) is 3.53. The largest absolute Gasteiger partial charge is 0.385 e. The monoisotopic (exact) mass is 249 g/mol. The van der Waals surface area contributed by atoms with Crippen molar-refractivity contribution in [3.8, 4) is 0 Å². The molecule has 1 N–H and O–H groups in total. The van der Waals surface area contributed by atoms with Crippen molar-refractivity contribution in [3.05, 3.63) is 24.0 Å². The molecule has 1 heterocycles. The highest BCUT2D eigenvalue weighted by Gasteiger charge is 2.05. The molecular formula is C15H27N3. The van der Waals surface area contributed by atoms with E-state index in [4.69, 9.17) is 0 Å². The van der Waals surface area contributed by atoms with Crippen molar-refractivity contribution < 1.29 is 0 Å². The first-order chi connectivity index (χ1) is 8.80. The summed E-state index contributed by atoms with van der Waals surface area (Å²) in [6, 6.07) is 4.22. The van der Waals surface area contributed by atoms with Gasteiger partial charge in [0.25, 0.3) is 0 Å². The molecule has 0 aromatic carbocycles. The summed E-state index contributed by atoms with van der Waals surface area (Å²) in [7, 11) is 0. The van der Waals surface area contributed by atoms with Gasteiger partial charge in [0.15, 0.2) is 0 Å². The van der Waals surface area contributed by atoms with Gasteiger partial charge in [0.2, 0.25) is 0 Å². The molecule has 0 saturated carbocycles. The zero-order valence-corrected chi connectivity index (χ0v) is 12.1. The molecule has 1 rings (SSSR count). The molecule has 3 nitrogen and oxygen atoms in total. The standard InChI is InChI=1S/C15H27N3/c1-4-8-16-14-7-9-17-15(12-14)13-18(10-5-2)11-6-3/h7,9,12H,4-6,8,10-11,13H2,1-3H3,(H,16,17). The van der Waals surface area contributed by atoms with Crippen LogP contribution in [0, 0.1) is 0 Å². The lowest BCUT2D eigenvalue weighted by atomic mass is 10.2. The molecule has 1 aromatic heterocycles. The van der Waals surface area contributed by atoms with Gasteiger partial charge in [-0.3, -0.25) is 9.88 Å². The summed E-state index contributed by atoms with van der Waals surface area (Å²) in [6.45, 7) is 10.9. The summed E-state index contributed by atoms with van der Waals surface area (Å²) in [6.07, 6.45) is 5.46. The molecule has 1 aromatic rings. The summed E-state index contributed by atoms with van der Waals surface area (Å²) < 4.78 is 0. The van der Waals surface area contributed by atoms with Gasteiger partial charge in [0, 0.05) is 25.0 Å². The van der Waals surface area contributed by atoms with Crippen LogP contribution in [0.15, 0.2) is 18.3 Å². The lowest BCUT2D eigenvalue weighted by Gasteiger charge is -2.20. The molecule has 0 radical (unpaired) electrons. The molecule has 0 bridgehead atoms. The highest BCUT2D eigenvalue weighted by atomic mass is 15.1. The van der Waals surface area contributed by atoms with Gasteiger partial charge in [-0.05, 0) is 44.5 Å². The van der Waals surface area contributed by atoms with Crippen molar-refractivity contribution in [2.24, 2.45) is 0 Å². The fourth-order valence-corrected chi connectivity index (χ4v) is 2.08. The third-order valence-electron chi connectivity index (χ3n) is 2.86. The number of rotatable bonds is 9. The molecule has 0 amide bonds. The number of hydrogen-bond donors (Lipinski definition) is 1. The molecule has 102 valence electrons. The van der Waals surface area contributed by atoms with E-state index in [0.29, 0.717) is 0 Å². The topological polar surface area (TPSA) is 28.2 Å². The first-order valence-corrected chi connectivity index (χ1v) is 7.21. The van der Waals surface area contributed by atoms with Crippen molar-refractivity contribution in [2.45, 2.75) is 46.6 Å². The molecule has 0 saturated heterocycles. The van der Waals surface area contributed by atoms with Gasteiger partial charge in [-0.2, -0.15) is 0 Å². The second kappa shape index (κ2) is 8.92. The van der Waals surface area contributed by atoms with E-state index in [2.05, 4.69) is 42.0 Å². The van der Waals surface area contributed by atoms with Crippen LogP contribution in [-0.4, -0.2) is 29.5 Å². The molecule has 0 aliphatic carbocycles. The van der Waals surface area contributed by atoms with Crippen molar-refractivity contribution in [3.63, 3.8) is 0 Å². The molecule has 0 aliphatic rings. The Morgan fingerprint density at radius 1 is 1.11 bits per heavy atom. The SMILES string of the molecule is CCCNc1ccnc(CN(CCC)CCC)c1. The van der Waals surface area contributed by atoms with Gasteiger partial charge in [-0.1, -0.05) is 20.8 Å². The lowest BCUT2D eigenvalue weighted by Crippen LogP contribution is -2.25. The maximum absolute atomic E-state index is 4.47. The van der Waals surface area contributed by atoms with Crippen LogP contribution in [0.1, 0.15) is 45.7 Å². The van der Waals surface area contributed by atoms with Crippen LogP contribution in [0.4, 0.5) is 5.69 Å². The normalized spacial score (nSPS) is 10.9. The predicted molar refractivity (Wildman–Crippen MR) is 78.9 cm³/mol. The summed E-state index contributed by atoms with van der Waals surface area (Å²) in [5.41, 5.74) is 2.35. The maximum Gasteiger partial charge on any atom is 0.0564 e. The smallest absolute Gasteiger partial charge is 0.0564 e. The third kappa shape index (κ3) is 5.50. The summed E-state index contributed by atoms with van der Waals surface area (Å²) >= 11 is 0. The minimum absolute atomic E-state index is 0.962. The number of nitrogens with one attached hydrogen (secondary N) is 1. The van der Waals surface area contributed by atoms with Crippen LogP contribution >= 0.6 is 0 Å². The highest BCUT2D eigenvalue weighted by molar-refractivity contribution is 5.43. The van der Waals surface area contributed by atoms with Crippen LogP contribution < -0.4 is 5.32 Å². The Hall–Kier alpha value is -1.09. The first kappa shape index (κ1) is 15.0. The van der Waals surface area contributed by atoms with Gasteiger partial charge in [0.05, 0.1) is 5.69 Å². The van der Waals surface area contributed by atoms with Crippen molar-refractivity contribution in [1.29, 1.82) is 0 Å². The van der Waals surface area contributed by atoms with Crippen molar-refractivity contribution >= 4 is 5.69 Å². The number of anilines is 1. The van der Waals surface area contributed by atoms with Crippen LogP contribution in [-0.2, 0) is 6.54 Å². The first-order valence-electron chi connectivity index (χ1n) is 7.21. The summed E-state index contributed by atoms with van der Waals surface area (Å²) in [4.78, 5) is 6.95. The minimum Gasteiger partial charge on any atom is -0.385 e.